The van der Waals surface area contributed by atoms with E-state index in [0.29, 0.717) is 31.0 Å². The highest BCUT2D eigenvalue weighted by Gasteiger charge is 2.33. The number of hydrogen-bond donors (Lipinski definition) is 2. The van der Waals surface area contributed by atoms with E-state index in [0.717, 1.165) is 34.9 Å². The van der Waals surface area contributed by atoms with E-state index in [1.165, 1.54) is 6.92 Å². The fraction of sp³-hybridized carbons (Fsp3) is 0.300. The van der Waals surface area contributed by atoms with Gasteiger partial charge in [0, 0.05) is 37.7 Å². The number of fused-ring (bicyclic) bond motifs is 3. The van der Waals surface area contributed by atoms with E-state index < -0.39 is 35.4 Å². The van der Waals surface area contributed by atoms with Crippen LogP contribution in [0.25, 0.3) is 0 Å². The molecule has 2 atom stereocenters. The SMILES string of the molecule is CC(C(=O)NCc1cc(F)cc(F)c1)C(=O)NC(Cc1ccccc1)C(=O)N1CCc2ccc3c(c2C1)OCO3. The minimum absolute atomic E-state index is 0.126. The molecule has 0 fully saturated rings. The molecular formula is C30H29F2N3O5. The van der Waals surface area contributed by atoms with E-state index in [1.54, 1.807) is 4.90 Å². The Balaban J connectivity index is 1.28. The number of rotatable bonds is 8. The first-order valence-corrected chi connectivity index (χ1v) is 13.0. The third-order valence-corrected chi connectivity index (χ3v) is 7.12. The molecule has 0 aliphatic carbocycles. The average Bonchev–Trinajstić information content (AvgIpc) is 3.44. The molecule has 0 saturated heterocycles. The van der Waals surface area contributed by atoms with Crippen LogP contribution in [0.2, 0.25) is 0 Å². The van der Waals surface area contributed by atoms with Gasteiger partial charge in [-0.15, -0.1) is 0 Å². The molecule has 2 aliphatic heterocycles. The predicted octanol–water partition coefficient (Wildman–Crippen LogP) is 3.26. The molecule has 0 saturated carbocycles. The van der Waals surface area contributed by atoms with Gasteiger partial charge in [0.1, 0.15) is 23.6 Å². The molecule has 0 bridgehead atoms. The molecule has 3 aromatic rings. The van der Waals surface area contributed by atoms with E-state index in [1.807, 2.05) is 42.5 Å². The molecule has 8 nitrogen and oxygen atoms in total. The molecule has 0 aromatic heterocycles. The van der Waals surface area contributed by atoms with Crippen molar-refractivity contribution in [1.29, 1.82) is 0 Å². The highest BCUT2D eigenvalue weighted by molar-refractivity contribution is 6.01. The summed E-state index contributed by atoms with van der Waals surface area (Å²) < 4.78 is 38.1. The Morgan fingerprint density at radius 2 is 1.70 bits per heavy atom. The quantitative estimate of drug-likeness (QED) is 0.421. The minimum Gasteiger partial charge on any atom is -0.454 e. The highest BCUT2D eigenvalue weighted by atomic mass is 19.1. The first kappa shape index (κ1) is 27.1. The van der Waals surface area contributed by atoms with Crippen LogP contribution in [0, 0.1) is 17.6 Å². The zero-order valence-corrected chi connectivity index (χ0v) is 21.9. The molecule has 5 rings (SSSR count). The first-order chi connectivity index (χ1) is 19.3. The van der Waals surface area contributed by atoms with Crippen LogP contribution in [-0.4, -0.2) is 42.0 Å². The molecule has 2 N–H and O–H groups in total. The van der Waals surface area contributed by atoms with Gasteiger partial charge in [-0.1, -0.05) is 36.4 Å². The summed E-state index contributed by atoms with van der Waals surface area (Å²) in [7, 11) is 0. The second kappa shape index (κ2) is 11.7. The van der Waals surface area contributed by atoms with Crippen LogP contribution in [-0.2, 0) is 40.3 Å². The van der Waals surface area contributed by atoms with Crippen LogP contribution in [0.3, 0.4) is 0 Å². The second-order valence-corrected chi connectivity index (χ2v) is 9.91. The summed E-state index contributed by atoms with van der Waals surface area (Å²) in [5.41, 5.74) is 3.05. The lowest BCUT2D eigenvalue weighted by Crippen LogP contribution is -2.53. The number of nitrogens with one attached hydrogen (secondary N) is 2. The smallest absolute Gasteiger partial charge is 0.245 e. The summed E-state index contributed by atoms with van der Waals surface area (Å²) in [6, 6.07) is 15.2. The van der Waals surface area contributed by atoms with Crippen molar-refractivity contribution in [3.05, 3.63) is 94.6 Å². The number of carbonyl (C=O) groups excluding carboxylic acids is 3. The molecule has 0 radical (unpaired) electrons. The van der Waals surface area contributed by atoms with Crippen LogP contribution in [0.5, 0.6) is 11.5 Å². The molecule has 208 valence electrons. The van der Waals surface area contributed by atoms with Gasteiger partial charge in [0.25, 0.3) is 0 Å². The summed E-state index contributed by atoms with van der Waals surface area (Å²) in [6.07, 6.45) is 0.862. The Labute approximate surface area is 230 Å². The number of hydrogen-bond acceptors (Lipinski definition) is 5. The van der Waals surface area contributed by atoms with Gasteiger partial charge in [-0.25, -0.2) is 8.78 Å². The van der Waals surface area contributed by atoms with Crippen LogP contribution >= 0.6 is 0 Å². The summed E-state index contributed by atoms with van der Waals surface area (Å²) in [4.78, 5) is 41.3. The lowest BCUT2D eigenvalue weighted by molar-refractivity contribution is -0.140. The van der Waals surface area contributed by atoms with Crippen molar-refractivity contribution in [2.75, 3.05) is 13.3 Å². The zero-order chi connectivity index (χ0) is 28.2. The maximum absolute atomic E-state index is 13.8. The van der Waals surface area contributed by atoms with Gasteiger partial charge in [-0.2, -0.15) is 0 Å². The van der Waals surface area contributed by atoms with Gasteiger partial charge in [0.15, 0.2) is 11.5 Å². The fourth-order valence-corrected chi connectivity index (χ4v) is 4.93. The molecule has 3 amide bonds. The third kappa shape index (κ3) is 6.06. The van der Waals surface area contributed by atoms with Gasteiger partial charge in [0.2, 0.25) is 24.5 Å². The third-order valence-electron chi connectivity index (χ3n) is 7.12. The van der Waals surface area contributed by atoms with Crippen molar-refractivity contribution in [3.63, 3.8) is 0 Å². The second-order valence-electron chi connectivity index (χ2n) is 9.91. The van der Waals surface area contributed by atoms with E-state index >= 15 is 0 Å². The highest BCUT2D eigenvalue weighted by Crippen LogP contribution is 2.40. The predicted molar refractivity (Wildman–Crippen MR) is 141 cm³/mol. The Hall–Kier alpha value is -4.47. The standard InChI is InChI=1S/C30H29F2N3O5/c1-18(28(36)33-15-20-11-22(31)14-23(32)12-20)29(37)34-25(13-19-5-3-2-4-6-19)30(38)35-10-9-21-7-8-26-27(24(21)16-35)40-17-39-26/h2-8,11-12,14,18,25H,9-10,13,15-17H2,1H3,(H,33,36)(H,34,37). The monoisotopic (exact) mass is 549 g/mol. The molecule has 40 heavy (non-hydrogen) atoms. The maximum atomic E-state index is 13.8. The lowest BCUT2D eigenvalue weighted by atomic mass is 9.96. The zero-order valence-electron chi connectivity index (χ0n) is 21.9. The van der Waals surface area contributed by atoms with E-state index in [4.69, 9.17) is 9.47 Å². The van der Waals surface area contributed by atoms with Gasteiger partial charge in [-0.3, -0.25) is 14.4 Å². The van der Waals surface area contributed by atoms with Gasteiger partial charge in [-0.05, 0) is 48.2 Å². The number of amides is 3. The van der Waals surface area contributed by atoms with Crippen molar-refractivity contribution >= 4 is 17.7 Å². The molecule has 2 unspecified atom stereocenters. The molecule has 2 aliphatic rings. The summed E-state index contributed by atoms with van der Waals surface area (Å²) >= 11 is 0. The average molecular weight is 550 g/mol. The Kier molecular flexibility index (Phi) is 7.95. The van der Waals surface area contributed by atoms with E-state index in [2.05, 4.69) is 10.6 Å². The molecule has 0 spiro atoms. The van der Waals surface area contributed by atoms with E-state index in [-0.39, 0.29) is 31.2 Å². The van der Waals surface area contributed by atoms with Crippen LogP contribution in [0.4, 0.5) is 8.78 Å². The van der Waals surface area contributed by atoms with Gasteiger partial charge in [0.05, 0.1) is 0 Å². The summed E-state index contributed by atoms with van der Waals surface area (Å²) in [5.74, 6) is -2.93. The number of halogens is 2. The van der Waals surface area contributed by atoms with Crippen molar-refractivity contribution in [2.45, 2.75) is 38.9 Å². The first-order valence-electron chi connectivity index (χ1n) is 13.0. The Bertz CT molecular complexity index is 1410. The van der Waals surface area contributed by atoms with Crippen LogP contribution in [0.1, 0.15) is 29.2 Å². The largest absolute Gasteiger partial charge is 0.454 e. The van der Waals surface area contributed by atoms with Crippen LogP contribution in [0.15, 0.2) is 60.7 Å². The number of benzene rings is 3. The van der Waals surface area contributed by atoms with Crippen LogP contribution < -0.4 is 20.1 Å². The normalized spacial score (nSPS) is 15.1. The molecular weight excluding hydrogens is 520 g/mol. The number of carbonyl (C=O) groups is 3. The molecule has 2 heterocycles. The number of ether oxygens (including phenoxy) is 2. The van der Waals surface area contributed by atoms with Crippen molar-refractivity contribution in [3.8, 4) is 11.5 Å². The van der Waals surface area contributed by atoms with Gasteiger partial charge < -0.3 is 25.0 Å². The van der Waals surface area contributed by atoms with Crippen molar-refractivity contribution in [1.82, 2.24) is 15.5 Å². The van der Waals surface area contributed by atoms with Crippen molar-refractivity contribution in [2.24, 2.45) is 5.92 Å². The van der Waals surface area contributed by atoms with Gasteiger partial charge >= 0.3 is 0 Å². The maximum Gasteiger partial charge on any atom is 0.245 e. The topological polar surface area (TPSA) is 97.0 Å². The molecule has 10 heteroatoms. The van der Waals surface area contributed by atoms with Crippen molar-refractivity contribution < 1.29 is 32.6 Å². The fourth-order valence-electron chi connectivity index (χ4n) is 4.93. The lowest BCUT2D eigenvalue weighted by Gasteiger charge is -2.33. The van der Waals surface area contributed by atoms with E-state index in [9.17, 15) is 23.2 Å². The Morgan fingerprint density at radius 1 is 0.950 bits per heavy atom. The summed E-state index contributed by atoms with van der Waals surface area (Å²) in [5, 5.41) is 5.30. The molecule has 3 aromatic carbocycles. The summed E-state index contributed by atoms with van der Waals surface area (Å²) in [6.45, 7) is 2.16. The number of nitrogens with zero attached hydrogens (tertiary/aromatic N) is 1. The Morgan fingerprint density at radius 3 is 2.45 bits per heavy atom. The minimum atomic E-state index is -1.15.